The van der Waals surface area contributed by atoms with Crippen LogP contribution in [0.15, 0.2) is 67.0 Å². The van der Waals surface area contributed by atoms with Gasteiger partial charge in [0, 0.05) is 45.7 Å². The topological polar surface area (TPSA) is 115 Å². The van der Waals surface area contributed by atoms with E-state index in [-0.39, 0.29) is 13.2 Å². The Balaban J connectivity index is 0.000000416. The number of H-pyrrole nitrogens is 1. The predicted octanol–water partition coefficient (Wildman–Crippen LogP) is 4.76. The van der Waals surface area contributed by atoms with Crippen LogP contribution in [-0.4, -0.2) is 82.3 Å². The number of allylic oxidation sites excluding steroid dienone is 2. The van der Waals surface area contributed by atoms with Gasteiger partial charge in [0.25, 0.3) is 0 Å². The average Bonchev–Trinajstić information content (AvgIpc) is 3.41. The summed E-state index contributed by atoms with van der Waals surface area (Å²) >= 11 is 0. The number of hydrogen-bond donors (Lipinski definition) is 2. The fourth-order valence-electron chi connectivity index (χ4n) is 4.09. The molecule has 1 aromatic carbocycles. The number of rotatable bonds is 6. The van der Waals surface area contributed by atoms with Gasteiger partial charge in [-0.25, -0.2) is 4.98 Å². The number of imidazole rings is 1. The number of aldehydes is 1. The van der Waals surface area contributed by atoms with Crippen molar-refractivity contribution in [1.29, 1.82) is 0 Å². The van der Waals surface area contributed by atoms with Crippen LogP contribution < -0.4 is 4.90 Å². The van der Waals surface area contributed by atoms with Crippen LogP contribution in [0, 0.1) is 13.8 Å². The van der Waals surface area contributed by atoms with Gasteiger partial charge in [-0.2, -0.15) is 0 Å². The number of aromatic nitrogens is 4. The molecule has 9 nitrogen and oxygen atoms in total. The van der Waals surface area contributed by atoms with Gasteiger partial charge in [0.05, 0.1) is 16.9 Å². The number of piperazine rings is 1. The second kappa shape index (κ2) is 16.6. The normalized spacial score (nSPS) is 13.2. The third-order valence-electron chi connectivity index (χ3n) is 6.38. The minimum absolute atomic E-state index is 0. The van der Waals surface area contributed by atoms with E-state index in [0.29, 0.717) is 11.5 Å². The highest BCUT2D eigenvalue weighted by Crippen LogP contribution is 2.26. The Morgan fingerprint density at radius 2 is 1.49 bits per heavy atom. The summed E-state index contributed by atoms with van der Waals surface area (Å²) < 4.78 is 0. The number of nitrogens with zero attached hydrogens (tertiary/aromatic N) is 5. The van der Waals surface area contributed by atoms with Crippen molar-refractivity contribution < 1.29 is 14.7 Å². The average molecular weight is 557 g/mol. The largest absolute Gasteiger partial charge is 0.400 e. The van der Waals surface area contributed by atoms with Crippen molar-refractivity contribution in [3.63, 3.8) is 0 Å². The van der Waals surface area contributed by atoms with Crippen molar-refractivity contribution in [2.45, 2.75) is 21.3 Å². The zero-order valence-electron chi connectivity index (χ0n) is 23.4. The molecule has 0 spiro atoms. The molecule has 1 aliphatic heterocycles. The quantitative estimate of drug-likeness (QED) is 0.258. The molecule has 4 heterocycles. The summed E-state index contributed by atoms with van der Waals surface area (Å²) in [6, 6.07) is 13.7. The number of aryl methyl sites for hydroxylation is 2. The molecular weight excluding hydrogens is 516 g/mol. The summed E-state index contributed by atoms with van der Waals surface area (Å²) in [6.07, 6.45) is 10.6. The second-order valence-electron chi connectivity index (χ2n) is 9.18. The molecule has 1 aliphatic rings. The van der Waals surface area contributed by atoms with Gasteiger partial charge < -0.3 is 19.9 Å². The maximum absolute atomic E-state index is 12.2. The van der Waals surface area contributed by atoms with Crippen LogP contribution in [0.3, 0.4) is 0 Å². The third-order valence-corrected chi connectivity index (χ3v) is 6.38. The third kappa shape index (κ3) is 9.30. The molecule has 4 aromatic rings. The van der Waals surface area contributed by atoms with Gasteiger partial charge in [-0.15, -0.1) is 0 Å². The second-order valence-corrected chi connectivity index (χ2v) is 9.18. The summed E-state index contributed by atoms with van der Waals surface area (Å²) in [5, 5.41) is 7.00. The number of pyridine rings is 2. The lowest BCUT2D eigenvalue weighted by Gasteiger charge is -2.34. The van der Waals surface area contributed by atoms with Crippen LogP contribution in [0.1, 0.15) is 40.6 Å². The van der Waals surface area contributed by atoms with Crippen molar-refractivity contribution in [2.75, 3.05) is 45.2 Å². The number of carbonyl (C=O) groups excluding carboxylic acids is 2. The molecule has 0 amide bonds. The van der Waals surface area contributed by atoms with Crippen LogP contribution in [0.4, 0.5) is 5.69 Å². The molecule has 0 radical (unpaired) electrons. The SMILES string of the molecule is C.CO.Cc1cccnc1/C=C/C(=O)/C=C/c1nc2c(N3CCN(C)CC3)cccc2[nH]1.Cc1cccnc1C=O. The van der Waals surface area contributed by atoms with Gasteiger partial charge in [0.15, 0.2) is 12.1 Å². The molecule has 41 heavy (non-hydrogen) atoms. The Morgan fingerprint density at radius 1 is 0.878 bits per heavy atom. The molecule has 216 valence electrons. The molecule has 1 fully saturated rings. The predicted molar refractivity (Wildman–Crippen MR) is 167 cm³/mol. The van der Waals surface area contributed by atoms with E-state index in [9.17, 15) is 9.59 Å². The van der Waals surface area contributed by atoms with Gasteiger partial charge in [-0.05, 0) is 80.6 Å². The van der Waals surface area contributed by atoms with Gasteiger partial charge >= 0.3 is 0 Å². The Kier molecular flexibility index (Phi) is 13.2. The smallest absolute Gasteiger partial charge is 0.178 e. The first kappa shape index (κ1) is 32.7. The minimum Gasteiger partial charge on any atom is -0.400 e. The van der Waals surface area contributed by atoms with Crippen molar-refractivity contribution in [1.82, 2.24) is 24.8 Å². The van der Waals surface area contributed by atoms with Crippen molar-refractivity contribution in [2.24, 2.45) is 0 Å². The standard InChI is InChI=1S/C23H25N5O.C7H7NO.CH4O.CH4/c1-17-5-4-12-24-19(17)10-8-18(29)9-11-22-25-20-6-3-7-21(23(20)26-22)28-15-13-27(2)14-16-28;1-6-3-2-4-8-7(6)5-9;1-2;/h3-12H,13-16H2,1-2H3,(H,25,26);2-5H,1H3;2H,1H3;1H4/b10-8+,11-9+;;;. The van der Waals surface area contributed by atoms with Crippen LogP contribution >= 0.6 is 0 Å². The summed E-state index contributed by atoms with van der Waals surface area (Å²) in [7, 11) is 3.15. The van der Waals surface area contributed by atoms with E-state index in [0.717, 1.165) is 73.1 Å². The Hall–Kier alpha value is -4.47. The first-order valence-electron chi connectivity index (χ1n) is 13.0. The van der Waals surface area contributed by atoms with Crippen LogP contribution in [0.5, 0.6) is 0 Å². The maximum Gasteiger partial charge on any atom is 0.178 e. The van der Waals surface area contributed by atoms with E-state index >= 15 is 0 Å². The summed E-state index contributed by atoms with van der Waals surface area (Å²) in [5.74, 6) is 0.576. The van der Waals surface area contributed by atoms with E-state index in [2.05, 4.69) is 37.9 Å². The van der Waals surface area contributed by atoms with Crippen molar-refractivity contribution in [3.8, 4) is 0 Å². The number of aromatic amines is 1. The number of likely N-dealkylation sites (N-methyl/N-ethyl adjacent to an activating group) is 1. The number of carbonyl (C=O) groups is 2. The lowest BCUT2D eigenvalue weighted by molar-refractivity contribution is -0.110. The molecule has 0 bridgehead atoms. The molecule has 0 atom stereocenters. The number of ketones is 1. The molecule has 0 saturated carbocycles. The fraction of sp³-hybridized carbons (Fsp3) is 0.281. The maximum atomic E-state index is 12.2. The van der Waals surface area contributed by atoms with E-state index in [1.54, 1.807) is 24.5 Å². The lowest BCUT2D eigenvalue weighted by Crippen LogP contribution is -2.44. The summed E-state index contributed by atoms with van der Waals surface area (Å²) in [6.45, 7) is 7.90. The number of aliphatic hydroxyl groups excluding tert-OH is 1. The molecule has 2 N–H and O–H groups in total. The van der Waals surface area contributed by atoms with E-state index in [4.69, 9.17) is 10.1 Å². The van der Waals surface area contributed by atoms with Gasteiger partial charge in [-0.1, -0.05) is 25.6 Å². The van der Waals surface area contributed by atoms with E-state index < -0.39 is 0 Å². The van der Waals surface area contributed by atoms with E-state index in [1.807, 2.05) is 50.2 Å². The molecule has 5 rings (SSSR count). The molecule has 3 aromatic heterocycles. The molecule has 1 saturated heterocycles. The number of anilines is 1. The summed E-state index contributed by atoms with van der Waals surface area (Å²) in [5.41, 5.74) is 6.36. The number of para-hydroxylation sites is 1. The highest BCUT2D eigenvalue weighted by Gasteiger charge is 2.17. The lowest BCUT2D eigenvalue weighted by atomic mass is 10.2. The number of nitrogens with one attached hydrogen (secondary N) is 1. The van der Waals surface area contributed by atoms with Crippen LogP contribution in [0.2, 0.25) is 0 Å². The van der Waals surface area contributed by atoms with Crippen LogP contribution in [-0.2, 0) is 4.79 Å². The molecular formula is C32H40N6O3. The molecule has 9 heteroatoms. The van der Waals surface area contributed by atoms with Gasteiger partial charge in [-0.3, -0.25) is 19.6 Å². The number of benzene rings is 1. The zero-order chi connectivity index (χ0) is 28.9. The Labute approximate surface area is 242 Å². The minimum atomic E-state index is -0.102. The monoisotopic (exact) mass is 556 g/mol. The fourth-order valence-corrected chi connectivity index (χ4v) is 4.09. The first-order valence-corrected chi connectivity index (χ1v) is 13.0. The van der Waals surface area contributed by atoms with E-state index in [1.165, 1.54) is 12.2 Å². The van der Waals surface area contributed by atoms with Crippen LogP contribution in [0.25, 0.3) is 23.2 Å². The van der Waals surface area contributed by atoms with Gasteiger partial charge in [0.2, 0.25) is 0 Å². The van der Waals surface area contributed by atoms with Crippen molar-refractivity contribution in [3.05, 3.63) is 95.3 Å². The number of fused-ring (bicyclic) bond motifs is 1. The highest BCUT2D eigenvalue weighted by molar-refractivity contribution is 6.04. The first-order chi connectivity index (χ1) is 19.4. The number of hydrogen-bond acceptors (Lipinski definition) is 8. The Morgan fingerprint density at radius 3 is 2.07 bits per heavy atom. The molecule has 0 unspecified atom stereocenters. The van der Waals surface area contributed by atoms with Crippen molar-refractivity contribution >= 4 is 40.9 Å². The molecule has 0 aliphatic carbocycles. The highest BCUT2D eigenvalue weighted by atomic mass is 16.2. The number of aliphatic hydroxyl groups is 1. The Bertz CT molecular complexity index is 1470. The van der Waals surface area contributed by atoms with Gasteiger partial charge in [0.1, 0.15) is 17.0 Å². The zero-order valence-corrected chi connectivity index (χ0v) is 23.4. The summed E-state index contributed by atoms with van der Waals surface area (Å²) in [4.78, 5) is 43.2.